The molecule has 0 aromatic heterocycles. The van der Waals surface area contributed by atoms with Gasteiger partial charge in [-0.1, -0.05) is 13.0 Å². The summed E-state index contributed by atoms with van der Waals surface area (Å²) in [7, 11) is 2.88. The molecular formula is C14H18ClNO4S. The molecule has 0 saturated heterocycles. The number of rotatable bonds is 5. The summed E-state index contributed by atoms with van der Waals surface area (Å²) in [5.74, 6) is 0.679. The van der Waals surface area contributed by atoms with E-state index in [2.05, 4.69) is 5.32 Å². The Labute approximate surface area is 129 Å². The van der Waals surface area contributed by atoms with Gasteiger partial charge < -0.3 is 10.1 Å². The summed E-state index contributed by atoms with van der Waals surface area (Å²) in [5, 5.41) is 2.89. The first kappa shape index (κ1) is 16.1. The molecule has 1 fully saturated rings. The highest BCUT2D eigenvalue weighted by atomic mass is 35.7. The van der Waals surface area contributed by atoms with Gasteiger partial charge in [-0.15, -0.1) is 0 Å². The van der Waals surface area contributed by atoms with Gasteiger partial charge in [0.15, 0.2) is 0 Å². The number of benzene rings is 1. The lowest BCUT2D eigenvalue weighted by atomic mass is 10.1. The molecule has 0 bridgehead atoms. The fraction of sp³-hybridized carbons (Fsp3) is 0.500. The maximum absolute atomic E-state index is 11.9. The van der Waals surface area contributed by atoms with E-state index in [0.29, 0.717) is 11.5 Å². The van der Waals surface area contributed by atoms with E-state index in [1.54, 1.807) is 13.0 Å². The summed E-state index contributed by atoms with van der Waals surface area (Å²) < 4.78 is 28.1. The van der Waals surface area contributed by atoms with Crippen molar-refractivity contribution in [2.24, 2.45) is 11.8 Å². The van der Waals surface area contributed by atoms with Gasteiger partial charge in [0, 0.05) is 16.6 Å². The molecule has 21 heavy (non-hydrogen) atoms. The van der Waals surface area contributed by atoms with Gasteiger partial charge in [-0.25, -0.2) is 8.42 Å². The molecule has 3 atom stereocenters. The highest BCUT2D eigenvalue weighted by Gasteiger charge is 2.39. The molecule has 7 heteroatoms. The van der Waals surface area contributed by atoms with E-state index >= 15 is 0 Å². The van der Waals surface area contributed by atoms with E-state index < -0.39 is 9.05 Å². The predicted octanol–water partition coefficient (Wildman–Crippen LogP) is 2.46. The van der Waals surface area contributed by atoms with E-state index in [1.165, 1.54) is 19.2 Å². The number of ether oxygens (including phenoxy) is 1. The van der Waals surface area contributed by atoms with Crippen LogP contribution in [0.2, 0.25) is 0 Å². The average molecular weight is 332 g/mol. The van der Waals surface area contributed by atoms with Crippen LogP contribution in [0.1, 0.15) is 31.9 Å². The van der Waals surface area contributed by atoms with E-state index in [9.17, 15) is 13.2 Å². The molecule has 1 aliphatic rings. The highest BCUT2D eigenvalue weighted by molar-refractivity contribution is 8.13. The third-order valence-electron chi connectivity index (χ3n) is 3.76. The molecular weight excluding hydrogens is 314 g/mol. The maximum atomic E-state index is 11.9. The van der Waals surface area contributed by atoms with Gasteiger partial charge in [-0.3, -0.25) is 4.79 Å². The molecule has 0 radical (unpaired) electrons. The van der Waals surface area contributed by atoms with Crippen molar-refractivity contribution in [1.29, 1.82) is 0 Å². The fourth-order valence-electron chi connectivity index (χ4n) is 2.24. The molecule has 1 aromatic carbocycles. The number of halogens is 1. The van der Waals surface area contributed by atoms with Crippen molar-refractivity contribution < 1.29 is 17.9 Å². The maximum Gasteiger partial charge on any atom is 0.264 e. The van der Waals surface area contributed by atoms with Gasteiger partial charge in [0.1, 0.15) is 10.6 Å². The number of hydrogen-bond donors (Lipinski definition) is 1. The Balaban J connectivity index is 2.21. The predicted molar refractivity (Wildman–Crippen MR) is 79.9 cm³/mol. The van der Waals surface area contributed by atoms with E-state index in [0.717, 1.165) is 6.42 Å². The molecule has 0 heterocycles. The summed E-state index contributed by atoms with van der Waals surface area (Å²) in [4.78, 5) is 11.8. The number of carbonyl (C=O) groups is 1. The van der Waals surface area contributed by atoms with Gasteiger partial charge in [0.25, 0.3) is 9.05 Å². The zero-order chi connectivity index (χ0) is 15.8. The Hall–Kier alpha value is -1.27. The first-order valence-electron chi connectivity index (χ1n) is 6.67. The molecule has 3 unspecified atom stereocenters. The Bertz CT molecular complexity index is 659. The third kappa shape index (κ3) is 3.68. The summed E-state index contributed by atoms with van der Waals surface area (Å²) in [5.41, 5.74) is 0.664. The van der Waals surface area contributed by atoms with Gasteiger partial charge >= 0.3 is 0 Å². The van der Waals surface area contributed by atoms with Gasteiger partial charge in [0.2, 0.25) is 5.91 Å². The van der Waals surface area contributed by atoms with Crippen molar-refractivity contribution in [2.75, 3.05) is 7.11 Å². The van der Waals surface area contributed by atoms with E-state index in [4.69, 9.17) is 15.4 Å². The standard InChI is InChI=1S/C14H18ClNO4S/c1-8-6-11(8)14(17)16-9(2)10-4-5-12(20-3)13(7-10)21(15,18)19/h4-5,7-9,11H,6H2,1-3H3,(H,16,17). The zero-order valence-electron chi connectivity index (χ0n) is 12.1. The number of amides is 1. The molecule has 5 nitrogen and oxygen atoms in total. The molecule has 116 valence electrons. The molecule has 1 aromatic rings. The smallest absolute Gasteiger partial charge is 0.264 e. The van der Waals surface area contributed by atoms with Crippen LogP contribution in [0, 0.1) is 11.8 Å². The number of hydrogen-bond acceptors (Lipinski definition) is 4. The monoisotopic (exact) mass is 331 g/mol. The van der Waals surface area contributed by atoms with Crippen LogP contribution in [0.25, 0.3) is 0 Å². The van der Waals surface area contributed by atoms with E-state index in [-0.39, 0.29) is 28.5 Å². The lowest BCUT2D eigenvalue weighted by Crippen LogP contribution is -2.28. The van der Waals surface area contributed by atoms with Crippen LogP contribution in [-0.2, 0) is 13.8 Å². The minimum atomic E-state index is -3.91. The normalized spacial score (nSPS) is 22.5. The van der Waals surface area contributed by atoms with Crippen LogP contribution in [-0.4, -0.2) is 21.4 Å². The number of methoxy groups -OCH3 is 1. The highest BCUT2D eigenvalue weighted by Crippen LogP contribution is 2.38. The summed E-state index contributed by atoms with van der Waals surface area (Å²) in [6, 6.07) is 4.38. The van der Waals surface area contributed by atoms with Crippen molar-refractivity contribution in [3.8, 4) is 5.75 Å². The SMILES string of the molecule is COc1ccc(C(C)NC(=O)C2CC2C)cc1S(=O)(=O)Cl. The van der Waals surface area contributed by atoms with Crippen LogP contribution < -0.4 is 10.1 Å². The lowest BCUT2D eigenvalue weighted by molar-refractivity contribution is -0.123. The Kier molecular flexibility index (Phi) is 4.49. The van der Waals surface area contributed by atoms with Crippen molar-refractivity contribution in [3.05, 3.63) is 23.8 Å². The molecule has 0 aliphatic heterocycles. The number of carbonyl (C=O) groups excluding carboxylic acids is 1. The molecule has 0 spiro atoms. The van der Waals surface area contributed by atoms with Gasteiger partial charge in [-0.05, 0) is 37.0 Å². The second-order valence-electron chi connectivity index (χ2n) is 5.40. The fourth-order valence-corrected chi connectivity index (χ4v) is 3.27. The lowest BCUT2D eigenvalue weighted by Gasteiger charge is -2.16. The minimum Gasteiger partial charge on any atom is -0.495 e. The summed E-state index contributed by atoms with van der Waals surface area (Å²) in [6.07, 6.45) is 0.905. The molecule has 1 amide bonds. The Morgan fingerprint density at radius 3 is 2.57 bits per heavy atom. The van der Waals surface area contributed by atoms with Crippen LogP contribution in [0.4, 0.5) is 0 Å². The largest absolute Gasteiger partial charge is 0.495 e. The topological polar surface area (TPSA) is 72.5 Å². The third-order valence-corrected chi connectivity index (χ3v) is 5.10. The van der Waals surface area contributed by atoms with E-state index in [1.807, 2.05) is 6.92 Å². The summed E-state index contributed by atoms with van der Waals surface area (Å²) in [6.45, 7) is 3.83. The van der Waals surface area contributed by atoms with Crippen molar-refractivity contribution in [1.82, 2.24) is 5.32 Å². The quantitative estimate of drug-likeness (QED) is 0.841. The van der Waals surface area contributed by atoms with Crippen molar-refractivity contribution in [3.63, 3.8) is 0 Å². The Morgan fingerprint density at radius 1 is 1.48 bits per heavy atom. The van der Waals surface area contributed by atoms with Gasteiger partial charge in [-0.2, -0.15) is 0 Å². The average Bonchev–Trinajstić information content (AvgIpc) is 3.14. The Morgan fingerprint density at radius 2 is 2.10 bits per heavy atom. The van der Waals surface area contributed by atoms with Crippen LogP contribution in [0.3, 0.4) is 0 Å². The first-order chi connectivity index (χ1) is 9.74. The first-order valence-corrected chi connectivity index (χ1v) is 8.98. The summed E-state index contributed by atoms with van der Waals surface area (Å²) >= 11 is 0. The molecule has 1 saturated carbocycles. The number of nitrogens with one attached hydrogen (secondary N) is 1. The van der Waals surface area contributed by atoms with Crippen LogP contribution in [0.15, 0.2) is 23.1 Å². The van der Waals surface area contributed by atoms with Crippen molar-refractivity contribution in [2.45, 2.75) is 31.2 Å². The second-order valence-corrected chi connectivity index (χ2v) is 7.93. The van der Waals surface area contributed by atoms with Crippen molar-refractivity contribution >= 4 is 25.6 Å². The van der Waals surface area contributed by atoms with Gasteiger partial charge in [0.05, 0.1) is 13.2 Å². The second kappa shape index (κ2) is 5.85. The minimum absolute atomic E-state index is 0.00102. The molecule has 1 aliphatic carbocycles. The molecule has 1 N–H and O–H groups in total. The zero-order valence-corrected chi connectivity index (χ0v) is 13.7. The molecule has 2 rings (SSSR count). The van der Waals surface area contributed by atoms with Crippen LogP contribution >= 0.6 is 10.7 Å². The van der Waals surface area contributed by atoms with Crippen LogP contribution in [0.5, 0.6) is 5.75 Å².